The summed E-state index contributed by atoms with van der Waals surface area (Å²) < 4.78 is 50.4. The fraction of sp³-hybridized carbons (Fsp3) is 0.304. The van der Waals surface area contributed by atoms with Crippen LogP contribution >= 0.6 is 0 Å². The van der Waals surface area contributed by atoms with Gasteiger partial charge in [0.05, 0.1) is 19.5 Å². The first-order valence-corrected chi connectivity index (χ1v) is 10.4. The Hall–Kier alpha value is -3.69. The van der Waals surface area contributed by atoms with Crippen molar-refractivity contribution in [1.29, 1.82) is 0 Å². The molecule has 1 aromatic heterocycles. The summed E-state index contributed by atoms with van der Waals surface area (Å²) in [6, 6.07) is 10.2. The molecule has 0 fully saturated rings. The third kappa shape index (κ3) is 7.16. The molecule has 0 atom stereocenters. The Morgan fingerprint density at radius 2 is 2.03 bits per heavy atom. The Kier molecular flexibility index (Phi) is 8.56. The van der Waals surface area contributed by atoms with Gasteiger partial charge in [-0.15, -0.1) is 0 Å². The molecule has 0 saturated heterocycles. The van der Waals surface area contributed by atoms with E-state index in [1.807, 2.05) is 42.0 Å². The van der Waals surface area contributed by atoms with E-state index < -0.39 is 24.2 Å². The summed E-state index contributed by atoms with van der Waals surface area (Å²) in [6.07, 6.45) is 5.86. The largest absolute Gasteiger partial charge is 0.494 e. The van der Waals surface area contributed by atoms with Crippen LogP contribution in [0.25, 0.3) is 0 Å². The molecule has 3 aromatic rings. The SMILES string of the molecule is CCOc1ccccc1CN(CCCn1ccnc1)C(=O)Nc1ccc(OC(F)F)c(F)c1. The van der Waals surface area contributed by atoms with Crippen molar-refractivity contribution in [1.82, 2.24) is 14.5 Å². The number of rotatable bonds is 11. The number of hydrogen-bond acceptors (Lipinski definition) is 4. The highest BCUT2D eigenvalue weighted by Crippen LogP contribution is 2.24. The number of halogens is 3. The van der Waals surface area contributed by atoms with E-state index in [2.05, 4.69) is 15.0 Å². The van der Waals surface area contributed by atoms with E-state index >= 15 is 0 Å². The van der Waals surface area contributed by atoms with Gasteiger partial charge in [0.25, 0.3) is 0 Å². The monoisotopic (exact) mass is 462 g/mol. The van der Waals surface area contributed by atoms with Crippen molar-refractivity contribution in [3.8, 4) is 11.5 Å². The quantitative estimate of drug-likeness (QED) is 0.428. The first kappa shape index (κ1) is 24.0. The third-order valence-electron chi connectivity index (χ3n) is 4.72. The van der Waals surface area contributed by atoms with Crippen molar-refractivity contribution in [2.24, 2.45) is 0 Å². The second-order valence-corrected chi connectivity index (χ2v) is 7.07. The van der Waals surface area contributed by atoms with Gasteiger partial charge >= 0.3 is 12.6 Å². The van der Waals surface area contributed by atoms with Crippen LogP contribution in [0.2, 0.25) is 0 Å². The molecule has 1 N–H and O–H groups in total. The van der Waals surface area contributed by atoms with Gasteiger partial charge in [0, 0.05) is 42.8 Å². The molecule has 0 unspecified atom stereocenters. The second-order valence-electron chi connectivity index (χ2n) is 7.07. The zero-order chi connectivity index (χ0) is 23.6. The predicted octanol–water partition coefficient (Wildman–Crippen LogP) is 5.15. The van der Waals surface area contributed by atoms with Gasteiger partial charge in [0.15, 0.2) is 11.6 Å². The van der Waals surface area contributed by atoms with Crippen LogP contribution in [0.4, 0.5) is 23.7 Å². The van der Waals surface area contributed by atoms with Gasteiger partial charge in [-0.25, -0.2) is 14.2 Å². The maximum absolute atomic E-state index is 14.1. The van der Waals surface area contributed by atoms with E-state index in [1.165, 1.54) is 6.07 Å². The zero-order valence-corrected chi connectivity index (χ0v) is 18.1. The van der Waals surface area contributed by atoms with Crippen LogP contribution in [-0.2, 0) is 13.1 Å². The number of amides is 2. The average molecular weight is 462 g/mol. The normalized spacial score (nSPS) is 10.8. The van der Waals surface area contributed by atoms with Gasteiger partial charge in [-0.1, -0.05) is 18.2 Å². The number of carbonyl (C=O) groups is 1. The van der Waals surface area contributed by atoms with Crippen LogP contribution < -0.4 is 14.8 Å². The lowest BCUT2D eigenvalue weighted by atomic mass is 10.2. The van der Waals surface area contributed by atoms with Crippen molar-refractivity contribution < 1.29 is 27.4 Å². The van der Waals surface area contributed by atoms with Crippen LogP contribution in [0.5, 0.6) is 11.5 Å². The molecule has 0 bridgehead atoms. The number of nitrogens with zero attached hydrogens (tertiary/aromatic N) is 3. The first-order valence-electron chi connectivity index (χ1n) is 10.4. The number of alkyl halides is 2. The van der Waals surface area contributed by atoms with E-state index in [4.69, 9.17) is 4.74 Å². The maximum atomic E-state index is 14.1. The minimum Gasteiger partial charge on any atom is -0.494 e. The van der Waals surface area contributed by atoms with Crippen molar-refractivity contribution in [2.75, 3.05) is 18.5 Å². The summed E-state index contributed by atoms with van der Waals surface area (Å²) in [6.45, 7) is 0.542. The summed E-state index contributed by atoms with van der Waals surface area (Å²) >= 11 is 0. The third-order valence-corrected chi connectivity index (χ3v) is 4.72. The van der Waals surface area contributed by atoms with Gasteiger partial charge in [0.2, 0.25) is 0 Å². The van der Waals surface area contributed by atoms with E-state index in [0.717, 1.165) is 17.7 Å². The van der Waals surface area contributed by atoms with Crippen LogP contribution in [0.15, 0.2) is 61.2 Å². The number of carbonyl (C=O) groups excluding carboxylic acids is 1. The predicted molar refractivity (Wildman–Crippen MR) is 117 cm³/mol. The first-order chi connectivity index (χ1) is 16.0. The molecule has 0 aliphatic rings. The molecule has 33 heavy (non-hydrogen) atoms. The van der Waals surface area contributed by atoms with Crippen LogP contribution in [0, 0.1) is 5.82 Å². The standard InChI is InChI=1S/C23H25F3N4O3/c1-2-32-20-7-4-3-6-17(20)15-30(12-5-11-29-13-10-27-16-29)23(31)28-18-8-9-21(19(24)14-18)33-22(25)26/h3-4,6-10,13-14,16,22H,2,5,11-12,15H2,1H3,(H,28,31). The summed E-state index contributed by atoms with van der Waals surface area (Å²) in [5, 5.41) is 2.62. The smallest absolute Gasteiger partial charge is 0.387 e. The Bertz CT molecular complexity index is 1030. The molecular formula is C23H25F3N4O3. The Morgan fingerprint density at radius 3 is 2.73 bits per heavy atom. The number of anilines is 1. The Morgan fingerprint density at radius 1 is 1.21 bits per heavy atom. The Balaban J connectivity index is 1.73. The van der Waals surface area contributed by atoms with Gasteiger partial charge < -0.3 is 24.3 Å². The van der Waals surface area contributed by atoms with Crippen molar-refractivity contribution in [3.63, 3.8) is 0 Å². The number of aryl methyl sites for hydroxylation is 1. The minimum absolute atomic E-state index is 0.122. The number of aromatic nitrogens is 2. The molecule has 0 radical (unpaired) electrons. The van der Waals surface area contributed by atoms with Crippen LogP contribution in [-0.4, -0.2) is 40.2 Å². The number of nitrogens with one attached hydrogen (secondary N) is 1. The lowest BCUT2D eigenvalue weighted by Gasteiger charge is -2.24. The summed E-state index contributed by atoms with van der Waals surface area (Å²) in [5.41, 5.74) is 0.945. The molecule has 0 aliphatic heterocycles. The molecule has 1 heterocycles. The molecule has 0 spiro atoms. The number of imidazole rings is 1. The average Bonchev–Trinajstić information content (AvgIpc) is 3.29. The fourth-order valence-electron chi connectivity index (χ4n) is 3.22. The summed E-state index contributed by atoms with van der Waals surface area (Å²) in [5.74, 6) is -0.917. The highest BCUT2D eigenvalue weighted by atomic mass is 19.3. The van der Waals surface area contributed by atoms with E-state index in [9.17, 15) is 18.0 Å². The van der Waals surface area contributed by atoms with Gasteiger partial charge in [-0.05, 0) is 31.5 Å². The van der Waals surface area contributed by atoms with Gasteiger partial charge in [-0.3, -0.25) is 0 Å². The molecule has 2 aromatic carbocycles. The van der Waals surface area contributed by atoms with Gasteiger partial charge in [-0.2, -0.15) is 8.78 Å². The zero-order valence-electron chi connectivity index (χ0n) is 18.1. The molecule has 2 amide bonds. The van der Waals surface area contributed by atoms with Crippen molar-refractivity contribution >= 4 is 11.7 Å². The lowest BCUT2D eigenvalue weighted by molar-refractivity contribution is -0.0521. The van der Waals surface area contributed by atoms with E-state index in [-0.39, 0.29) is 12.2 Å². The molecule has 10 heteroatoms. The number of para-hydroxylation sites is 1. The summed E-state index contributed by atoms with van der Waals surface area (Å²) in [7, 11) is 0. The number of ether oxygens (including phenoxy) is 2. The molecular weight excluding hydrogens is 437 g/mol. The highest BCUT2D eigenvalue weighted by molar-refractivity contribution is 5.89. The second kappa shape index (κ2) is 11.8. The molecule has 0 aliphatic carbocycles. The minimum atomic E-state index is -3.14. The maximum Gasteiger partial charge on any atom is 0.387 e. The van der Waals surface area contributed by atoms with E-state index in [0.29, 0.717) is 31.9 Å². The Labute approximate surface area is 189 Å². The topological polar surface area (TPSA) is 68.6 Å². The fourth-order valence-corrected chi connectivity index (χ4v) is 3.22. The molecule has 0 saturated carbocycles. The lowest BCUT2D eigenvalue weighted by Crippen LogP contribution is -2.35. The number of hydrogen-bond donors (Lipinski definition) is 1. The van der Waals surface area contributed by atoms with Crippen molar-refractivity contribution in [2.45, 2.75) is 33.0 Å². The van der Waals surface area contributed by atoms with Crippen LogP contribution in [0.1, 0.15) is 18.9 Å². The molecule has 176 valence electrons. The van der Waals surface area contributed by atoms with E-state index in [1.54, 1.807) is 17.4 Å². The molecule has 3 rings (SSSR count). The summed E-state index contributed by atoms with van der Waals surface area (Å²) in [4.78, 5) is 18.6. The van der Waals surface area contributed by atoms with Crippen molar-refractivity contribution in [3.05, 3.63) is 72.6 Å². The van der Waals surface area contributed by atoms with Crippen LogP contribution in [0.3, 0.4) is 0 Å². The molecule has 7 nitrogen and oxygen atoms in total. The van der Waals surface area contributed by atoms with Gasteiger partial charge in [0.1, 0.15) is 5.75 Å². The number of benzene rings is 2. The number of urea groups is 1. The highest BCUT2D eigenvalue weighted by Gasteiger charge is 2.18.